The molecule has 0 spiro atoms. The highest BCUT2D eigenvalue weighted by atomic mass is 16.6. The Labute approximate surface area is 183 Å². The van der Waals surface area contributed by atoms with Gasteiger partial charge < -0.3 is 15.7 Å². The van der Waals surface area contributed by atoms with Gasteiger partial charge in [0.1, 0.15) is 11.9 Å². The monoisotopic (exact) mass is 435 g/mol. The maximum Gasteiger partial charge on any atom is 0.269 e. The number of hydrogen-bond donors (Lipinski definition) is 3. The normalized spacial score (nSPS) is 15.1. The van der Waals surface area contributed by atoms with Crippen LogP contribution in [0.4, 0.5) is 17.5 Å². The lowest BCUT2D eigenvalue weighted by Gasteiger charge is -2.28. The molecule has 3 aromatic rings. The average molecular weight is 435 g/mol. The molecule has 1 aliphatic heterocycles. The number of benzene rings is 1. The fourth-order valence-corrected chi connectivity index (χ4v) is 3.57. The van der Waals surface area contributed by atoms with Crippen LogP contribution in [0.3, 0.4) is 0 Å². The predicted octanol–water partition coefficient (Wildman–Crippen LogP) is 2.43. The summed E-state index contributed by atoms with van der Waals surface area (Å²) in [6, 6.07) is 10.5. The summed E-state index contributed by atoms with van der Waals surface area (Å²) in [5.74, 6) is 0.879. The van der Waals surface area contributed by atoms with E-state index >= 15 is 0 Å². The Kier molecular flexibility index (Phi) is 5.90. The summed E-state index contributed by atoms with van der Waals surface area (Å²) >= 11 is 0. The van der Waals surface area contributed by atoms with E-state index in [1.807, 2.05) is 0 Å². The Morgan fingerprint density at radius 1 is 1.31 bits per heavy atom. The Balaban J connectivity index is 1.79. The van der Waals surface area contributed by atoms with Crippen LogP contribution in [-0.4, -0.2) is 42.3 Å². The number of aliphatic hydroxyl groups excluding tert-OH is 1. The number of aliphatic hydroxyl groups is 1. The van der Waals surface area contributed by atoms with Crippen molar-refractivity contribution in [2.24, 2.45) is 0 Å². The second-order valence-corrected chi connectivity index (χ2v) is 7.21. The largest absolute Gasteiger partial charge is 0.396 e. The van der Waals surface area contributed by atoms with Crippen molar-refractivity contribution in [3.8, 4) is 0 Å². The number of hydrogen-bond acceptors (Lipinski definition) is 8. The van der Waals surface area contributed by atoms with E-state index in [0.717, 1.165) is 0 Å². The zero-order chi connectivity index (χ0) is 22.7. The highest BCUT2D eigenvalue weighted by molar-refractivity contribution is 6.05. The van der Waals surface area contributed by atoms with E-state index < -0.39 is 16.9 Å². The smallest absolute Gasteiger partial charge is 0.269 e. The first-order valence-electron chi connectivity index (χ1n) is 9.98. The van der Waals surface area contributed by atoms with Gasteiger partial charge in [-0.2, -0.15) is 10.1 Å². The summed E-state index contributed by atoms with van der Waals surface area (Å²) in [7, 11) is 0. The fraction of sp³-hybridized carbons (Fsp3) is 0.238. The van der Waals surface area contributed by atoms with Crippen molar-refractivity contribution in [3.05, 3.63) is 81.4 Å². The number of amides is 1. The molecule has 1 unspecified atom stereocenters. The van der Waals surface area contributed by atoms with E-state index in [-0.39, 0.29) is 12.3 Å². The van der Waals surface area contributed by atoms with E-state index in [1.165, 1.54) is 12.1 Å². The zero-order valence-corrected chi connectivity index (χ0v) is 17.2. The van der Waals surface area contributed by atoms with E-state index in [9.17, 15) is 14.9 Å². The number of carbonyl (C=O) groups excluding carboxylic acids is 1. The first-order valence-corrected chi connectivity index (χ1v) is 9.98. The van der Waals surface area contributed by atoms with Crippen molar-refractivity contribution >= 4 is 23.4 Å². The Morgan fingerprint density at radius 3 is 2.88 bits per heavy atom. The van der Waals surface area contributed by atoms with Crippen molar-refractivity contribution < 1.29 is 14.8 Å². The van der Waals surface area contributed by atoms with Gasteiger partial charge in [0, 0.05) is 37.1 Å². The summed E-state index contributed by atoms with van der Waals surface area (Å²) in [4.78, 5) is 32.8. The Morgan fingerprint density at radius 2 is 2.16 bits per heavy atom. The van der Waals surface area contributed by atoms with Crippen LogP contribution in [0.5, 0.6) is 0 Å². The van der Waals surface area contributed by atoms with Crippen molar-refractivity contribution in [3.63, 3.8) is 0 Å². The van der Waals surface area contributed by atoms with Crippen LogP contribution in [0.2, 0.25) is 0 Å². The zero-order valence-electron chi connectivity index (χ0n) is 17.2. The van der Waals surface area contributed by atoms with Gasteiger partial charge in [-0.25, -0.2) is 9.67 Å². The third kappa shape index (κ3) is 4.18. The maximum absolute atomic E-state index is 13.3. The molecule has 1 atom stereocenters. The minimum atomic E-state index is -0.745. The minimum Gasteiger partial charge on any atom is -0.396 e. The van der Waals surface area contributed by atoms with Crippen LogP contribution in [0, 0.1) is 10.1 Å². The highest BCUT2D eigenvalue weighted by Gasteiger charge is 2.35. The lowest BCUT2D eigenvalue weighted by molar-refractivity contribution is -0.384. The molecule has 1 amide bonds. The molecular formula is C21H21N7O4. The number of non-ortho nitro benzene ring substituents is 1. The van der Waals surface area contributed by atoms with Gasteiger partial charge in [0.05, 0.1) is 10.5 Å². The minimum absolute atomic E-state index is 0.000615. The fourth-order valence-electron chi connectivity index (χ4n) is 3.57. The maximum atomic E-state index is 13.3. The van der Waals surface area contributed by atoms with E-state index in [4.69, 9.17) is 5.11 Å². The number of nitrogens with zero attached hydrogens (tertiary/aromatic N) is 5. The SMILES string of the molecule is CC1=C(C(=O)Nc2ccccn2)C(c2cccc([N+](=O)[O-])c2)n2nc(CCCO)nc2N1. The van der Waals surface area contributed by atoms with Gasteiger partial charge in [0.25, 0.3) is 11.6 Å². The summed E-state index contributed by atoms with van der Waals surface area (Å²) in [6.07, 6.45) is 2.51. The molecule has 3 heterocycles. The number of nitrogens with one attached hydrogen (secondary N) is 2. The first kappa shape index (κ1) is 21.1. The molecule has 0 saturated heterocycles. The number of nitro groups is 1. The van der Waals surface area contributed by atoms with Gasteiger partial charge in [0.2, 0.25) is 5.95 Å². The van der Waals surface area contributed by atoms with Crippen molar-refractivity contribution in [2.45, 2.75) is 25.8 Å². The topological polar surface area (TPSA) is 148 Å². The molecule has 1 aliphatic rings. The third-order valence-electron chi connectivity index (χ3n) is 5.00. The van der Waals surface area contributed by atoms with Crippen LogP contribution in [0.1, 0.15) is 30.8 Å². The molecule has 0 aliphatic carbocycles. The molecule has 0 fully saturated rings. The number of fused-ring (bicyclic) bond motifs is 1. The number of pyridine rings is 1. The number of rotatable bonds is 7. The number of aromatic nitrogens is 4. The van der Waals surface area contributed by atoms with Gasteiger partial charge in [-0.15, -0.1) is 0 Å². The standard InChI is InChI=1S/C21H21N7O4/c1-13-18(20(30)24-16-8-2-3-10-22-16)19(14-6-4-7-15(12-14)28(31)32)27-21(23-13)25-17(26-27)9-5-11-29/h2-4,6-8,10,12,19,29H,5,9,11H2,1H3,(H,22,24,30)(H,23,25,26). The molecule has 32 heavy (non-hydrogen) atoms. The molecular weight excluding hydrogens is 414 g/mol. The van der Waals surface area contributed by atoms with Crippen LogP contribution < -0.4 is 10.6 Å². The molecule has 164 valence electrons. The van der Waals surface area contributed by atoms with Crippen LogP contribution in [0.25, 0.3) is 0 Å². The highest BCUT2D eigenvalue weighted by Crippen LogP contribution is 2.36. The number of carbonyl (C=O) groups is 1. The van der Waals surface area contributed by atoms with E-state index in [0.29, 0.717) is 47.3 Å². The van der Waals surface area contributed by atoms with Crippen LogP contribution in [-0.2, 0) is 11.2 Å². The molecule has 1 aromatic carbocycles. The molecule has 2 aromatic heterocycles. The predicted molar refractivity (Wildman–Crippen MR) is 116 cm³/mol. The summed E-state index contributed by atoms with van der Waals surface area (Å²) in [5, 5.41) is 30.9. The third-order valence-corrected chi connectivity index (χ3v) is 5.00. The molecule has 0 radical (unpaired) electrons. The Hall–Kier alpha value is -4.12. The van der Waals surface area contributed by atoms with Crippen molar-refractivity contribution in [2.75, 3.05) is 17.2 Å². The molecule has 11 heteroatoms. The molecule has 0 bridgehead atoms. The first-order chi connectivity index (χ1) is 15.5. The van der Waals surface area contributed by atoms with Gasteiger partial charge in [-0.05, 0) is 31.0 Å². The molecule has 0 saturated carbocycles. The second kappa shape index (κ2) is 8.94. The number of aryl methyl sites for hydroxylation is 1. The molecule has 3 N–H and O–H groups in total. The molecule has 4 rings (SSSR count). The van der Waals surface area contributed by atoms with Gasteiger partial charge in [-0.1, -0.05) is 18.2 Å². The summed E-state index contributed by atoms with van der Waals surface area (Å²) in [6.45, 7) is 1.74. The van der Waals surface area contributed by atoms with Crippen LogP contribution >= 0.6 is 0 Å². The van der Waals surface area contributed by atoms with E-state index in [1.54, 1.807) is 48.1 Å². The van der Waals surface area contributed by atoms with Gasteiger partial charge >= 0.3 is 0 Å². The quantitative estimate of drug-likeness (QED) is 0.378. The van der Waals surface area contributed by atoms with Gasteiger partial charge in [-0.3, -0.25) is 14.9 Å². The second-order valence-electron chi connectivity index (χ2n) is 7.21. The lowest BCUT2D eigenvalue weighted by Crippen LogP contribution is -2.31. The van der Waals surface area contributed by atoms with Crippen molar-refractivity contribution in [1.82, 2.24) is 19.7 Å². The number of anilines is 2. The summed E-state index contributed by atoms with van der Waals surface area (Å²) < 4.78 is 1.55. The average Bonchev–Trinajstić information content (AvgIpc) is 3.19. The molecule has 11 nitrogen and oxygen atoms in total. The van der Waals surface area contributed by atoms with Crippen LogP contribution in [0.15, 0.2) is 59.9 Å². The van der Waals surface area contributed by atoms with E-state index in [2.05, 4.69) is 25.7 Å². The Bertz CT molecular complexity index is 1190. The van der Waals surface area contributed by atoms with Crippen molar-refractivity contribution in [1.29, 1.82) is 0 Å². The van der Waals surface area contributed by atoms with Gasteiger partial charge in [0.15, 0.2) is 5.82 Å². The number of allylic oxidation sites excluding steroid dienone is 1. The lowest BCUT2D eigenvalue weighted by atomic mass is 9.94. The number of nitro benzene ring substituents is 1. The summed E-state index contributed by atoms with van der Waals surface area (Å²) in [5.41, 5.74) is 1.31.